The third-order valence-electron chi connectivity index (χ3n) is 5.06. The SMILES string of the molecule is Cc1ccc(C2(C(=O)NCC3CCCN3)CCOCC2)cc1.Cl. The van der Waals surface area contributed by atoms with Crippen LogP contribution in [-0.4, -0.2) is 38.3 Å². The van der Waals surface area contributed by atoms with Gasteiger partial charge in [0.1, 0.15) is 0 Å². The van der Waals surface area contributed by atoms with Crippen LogP contribution in [0.4, 0.5) is 0 Å². The molecule has 0 saturated carbocycles. The molecule has 0 spiro atoms. The zero-order valence-electron chi connectivity index (χ0n) is 13.8. The van der Waals surface area contributed by atoms with E-state index in [1.54, 1.807) is 0 Å². The second-order valence-electron chi connectivity index (χ2n) is 6.56. The van der Waals surface area contributed by atoms with Gasteiger partial charge in [-0.25, -0.2) is 0 Å². The van der Waals surface area contributed by atoms with E-state index >= 15 is 0 Å². The molecule has 0 radical (unpaired) electrons. The minimum absolute atomic E-state index is 0. The van der Waals surface area contributed by atoms with E-state index < -0.39 is 5.41 Å². The normalized spacial score (nSPS) is 23.1. The van der Waals surface area contributed by atoms with Crippen LogP contribution in [0.5, 0.6) is 0 Å². The molecule has 4 nitrogen and oxygen atoms in total. The molecule has 1 aromatic rings. The molecule has 128 valence electrons. The number of halogens is 1. The summed E-state index contributed by atoms with van der Waals surface area (Å²) in [6, 6.07) is 8.83. The van der Waals surface area contributed by atoms with E-state index in [1.165, 1.54) is 12.0 Å². The topological polar surface area (TPSA) is 50.4 Å². The third kappa shape index (κ3) is 4.06. The molecule has 5 heteroatoms. The molecule has 1 atom stereocenters. The lowest BCUT2D eigenvalue weighted by atomic mass is 9.73. The lowest BCUT2D eigenvalue weighted by Crippen LogP contribution is -2.50. The minimum atomic E-state index is -0.426. The summed E-state index contributed by atoms with van der Waals surface area (Å²) in [5, 5.41) is 6.63. The summed E-state index contributed by atoms with van der Waals surface area (Å²) in [6.07, 6.45) is 3.89. The van der Waals surface area contributed by atoms with Gasteiger partial charge in [0.05, 0.1) is 5.41 Å². The lowest BCUT2D eigenvalue weighted by molar-refractivity contribution is -0.130. The van der Waals surface area contributed by atoms with E-state index in [0.29, 0.717) is 19.3 Å². The van der Waals surface area contributed by atoms with Crippen LogP contribution in [0.1, 0.15) is 36.8 Å². The van der Waals surface area contributed by atoms with Crippen molar-refractivity contribution < 1.29 is 9.53 Å². The Bertz CT molecular complexity index is 506. The highest BCUT2D eigenvalue weighted by molar-refractivity contribution is 5.88. The van der Waals surface area contributed by atoms with Gasteiger partial charge in [-0.3, -0.25) is 4.79 Å². The Morgan fingerprint density at radius 3 is 2.61 bits per heavy atom. The number of ether oxygens (including phenoxy) is 1. The third-order valence-corrected chi connectivity index (χ3v) is 5.06. The Balaban J connectivity index is 0.00000192. The van der Waals surface area contributed by atoms with Gasteiger partial charge < -0.3 is 15.4 Å². The van der Waals surface area contributed by atoms with Gasteiger partial charge in [0.2, 0.25) is 5.91 Å². The Labute approximate surface area is 144 Å². The van der Waals surface area contributed by atoms with Crippen LogP contribution in [-0.2, 0) is 14.9 Å². The molecule has 0 aliphatic carbocycles. The molecule has 3 rings (SSSR count). The highest BCUT2D eigenvalue weighted by atomic mass is 35.5. The summed E-state index contributed by atoms with van der Waals surface area (Å²) in [6.45, 7) is 5.18. The molecule has 2 heterocycles. The van der Waals surface area contributed by atoms with Crippen molar-refractivity contribution in [3.63, 3.8) is 0 Å². The molecule has 23 heavy (non-hydrogen) atoms. The summed E-state index contributed by atoms with van der Waals surface area (Å²) in [5.74, 6) is 0.161. The number of carbonyl (C=O) groups excluding carboxylic acids is 1. The van der Waals surface area contributed by atoms with Crippen LogP contribution < -0.4 is 10.6 Å². The van der Waals surface area contributed by atoms with Crippen molar-refractivity contribution in [1.82, 2.24) is 10.6 Å². The number of amides is 1. The molecule has 0 aromatic heterocycles. The fraction of sp³-hybridized carbons (Fsp3) is 0.611. The summed E-state index contributed by atoms with van der Waals surface area (Å²) in [4.78, 5) is 13.0. The number of hydrogen-bond acceptors (Lipinski definition) is 3. The second kappa shape index (κ2) is 8.13. The summed E-state index contributed by atoms with van der Waals surface area (Å²) < 4.78 is 5.51. The lowest BCUT2D eigenvalue weighted by Gasteiger charge is -2.36. The van der Waals surface area contributed by atoms with Gasteiger partial charge in [0, 0.05) is 25.8 Å². The predicted molar refractivity (Wildman–Crippen MR) is 94.2 cm³/mol. The van der Waals surface area contributed by atoms with Gasteiger partial charge in [0.25, 0.3) is 0 Å². The Morgan fingerprint density at radius 2 is 2.00 bits per heavy atom. The molecule has 2 aliphatic heterocycles. The van der Waals surface area contributed by atoms with Gasteiger partial charge in [-0.1, -0.05) is 29.8 Å². The first kappa shape index (κ1) is 18.2. The number of hydrogen-bond donors (Lipinski definition) is 2. The Hall–Kier alpha value is -1.10. The molecule has 2 fully saturated rings. The molecule has 1 amide bonds. The molecule has 1 aromatic carbocycles. The predicted octanol–water partition coefficient (Wildman–Crippen LogP) is 2.33. The highest BCUT2D eigenvalue weighted by Gasteiger charge is 2.41. The summed E-state index contributed by atoms with van der Waals surface area (Å²) in [7, 11) is 0. The van der Waals surface area contributed by atoms with Crippen LogP contribution in [0.25, 0.3) is 0 Å². The van der Waals surface area contributed by atoms with Crippen molar-refractivity contribution in [2.45, 2.75) is 44.1 Å². The van der Waals surface area contributed by atoms with E-state index in [9.17, 15) is 4.79 Å². The maximum atomic E-state index is 13.0. The van der Waals surface area contributed by atoms with Crippen molar-refractivity contribution >= 4 is 18.3 Å². The maximum absolute atomic E-state index is 13.0. The first-order valence-electron chi connectivity index (χ1n) is 8.37. The highest BCUT2D eigenvalue weighted by Crippen LogP contribution is 2.35. The summed E-state index contributed by atoms with van der Waals surface area (Å²) in [5.41, 5.74) is 1.92. The average molecular weight is 339 g/mol. The van der Waals surface area contributed by atoms with Gasteiger partial charge in [-0.15, -0.1) is 12.4 Å². The van der Waals surface area contributed by atoms with Crippen LogP contribution >= 0.6 is 12.4 Å². The van der Waals surface area contributed by atoms with E-state index in [2.05, 4.69) is 41.8 Å². The van der Waals surface area contributed by atoms with Gasteiger partial charge >= 0.3 is 0 Å². The molecule has 2 aliphatic rings. The van der Waals surface area contributed by atoms with E-state index in [1.807, 2.05) is 0 Å². The fourth-order valence-corrected chi connectivity index (χ4v) is 3.56. The minimum Gasteiger partial charge on any atom is -0.381 e. The largest absolute Gasteiger partial charge is 0.381 e. The number of carbonyl (C=O) groups is 1. The van der Waals surface area contributed by atoms with Gasteiger partial charge in [0.15, 0.2) is 0 Å². The second-order valence-corrected chi connectivity index (χ2v) is 6.56. The van der Waals surface area contributed by atoms with Crippen LogP contribution in [0, 0.1) is 6.92 Å². The van der Waals surface area contributed by atoms with E-state index in [4.69, 9.17) is 4.74 Å². The first-order valence-corrected chi connectivity index (χ1v) is 8.37. The average Bonchev–Trinajstić information content (AvgIpc) is 3.07. The summed E-state index contributed by atoms with van der Waals surface area (Å²) >= 11 is 0. The molecule has 0 bridgehead atoms. The van der Waals surface area contributed by atoms with E-state index in [-0.39, 0.29) is 18.3 Å². The van der Waals surface area contributed by atoms with E-state index in [0.717, 1.165) is 37.9 Å². The maximum Gasteiger partial charge on any atom is 0.230 e. The van der Waals surface area contributed by atoms with Crippen LogP contribution in [0.2, 0.25) is 0 Å². The van der Waals surface area contributed by atoms with Crippen molar-refractivity contribution in [2.24, 2.45) is 0 Å². The number of rotatable bonds is 4. The number of aryl methyl sites for hydroxylation is 1. The van der Waals surface area contributed by atoms with Crippen molar-refractivity contribution in [3.05, 3.63) is 35.4 Å². The quantitative estimate of drug-likeness (QED) is 0.886. The zero-order chi connectivity index (χ0) is 15.4. The molecule has 1 unspecified atom stereocenters. The van der Waals surface area contributed by atoms with Crippen LogP contribution in [0.3, 0.4) is 0 Å². The first-order chi connectivity index (χ1) is 10.7. The van der Waals surface area contributed by atoms with Crippen molar-refractivity contribution in [3.8, 4) is 0 Å². The Kier molecular flexibility index (Phi) is 6.45. The van der Waals surface area contributed by atoms with Crippen molar-refractivity contribution in [1.29, 1.82) is 0 Å². The molecule has 2 N–H and O–H groups in total. The number of benzene rings is 1. The van der Waals surface area contributed by atoms with Gasteiger partial charge in [-0.05, 0) is 44.7 Å². The smallest absolute Gasteiger partial charge is 0.230 e. The Morgan fingerprint density at radius 1 is 1.30 bits per heavy atom. The number of nitrogens with one attached hydrogen (secondary N) is 2. The fourth-order valence-electron chi connectivity index (χ4n) is 3.56. The van der Waals surface area contributed by atoms with Crippen molar-refractivity contribution in [2.75, 3.05) is 26.3 Å². The molecular formula is C18H27ClN2O2. The van der Waals surface area contributed by atoms with Crippen LogP contribution in [0.15, 0.2) is 24.3 Å². The van der Waals surface area contributed by atoms with Gasteiger partial charge in [-0.2, -0.15) is 0 Å². The molecular weight excluding hydrogens is 312 g/mol. The standard InChI is InChI=1S/C18H26N2O2.ClH/c1-14-4-6-15(7-5-14)18(8-11-22-12-9-18)17(21)20-13-16-3-2-10-19-16;/h4-7,16,19H,2-3,8-13H2,1H3,(H,20,21);1H. The molecule has 2 saturated heterocycles. The monoisotopic (exact) mass is 338 g/mol. The zero-order valence-corrected chi connectivity index (χ0v) is 14.6.